The molecule has 0 N–H and O–H groups in total. The molecule has 10 radical (unpaired) electrons. The van der Waals surface area contributed by atoms with Gasteiger partial charge in [0.2, 0.25) is 0 Å². The number of hydrogen-bond donors (Lipinski definition) is 0. The molecule has 1 nitrogen and oxygen atoms in total. The minimum Gasteiger partial charge on any atom is -0.297 e. The fraction of sp³-hybridized carbons (Fsp3) is 0.474. The van der Waals surface area contributed by atoms with Gasteiger partial charge in [-0.05, 0) is 89.4 Å². The molecule has 0 aromatic carbocycles. The molecule has 0 bridgehead atoms. The van der Waals surface area contributed by atoms with Crippen LogP contribution in [0.25, 0.3) is 0 Å². The Morgan fingerprint density at radius 2 is 1.24 bits per heavy atom. The first-order chi connectivity index (χ1) is 9.85. The van der Waals surface area contributed by atoms with Gasteiger partial charge in [0.15, 0.2) is 0 Å². The van der Waals surface area contributed by atoms with Crippen molar-refractivity contribution in [2.45, 2.75) is 51.6 Å². The van der Waals surface area contributed by atoms with E-state index < -0.39 is 0 Å². The smallest absolute Gasteiger partial charge is 0.297 e. The van der Waals surface area contributed by atoms with Crippen molar-refractivity contribution >= 4 is 0 Å². The Kier molecular flexibility index (Phi) is 10.3. The van der Waals surface area contributed by atoms with E-state index in [2.05, 4.69) is 44.4 Å². The van der Waals surface area contributed by atoms with E-state index in [4.69, 9.17) is 0 Å². The van der Waals surface area contributed by atoms with E-state index >= 15 is 0 Å². The second-order valence-electron chi connectivity index (χ2n) is 5.63. The van der Waals surface area contributed by atoms with Crippen LogP contribution in [0.4, 0.5) is 0 Å². The molecule has 1 heterocycles. The van der Waals surface area contributed by atoms with E-state index in [1.807, 2.05) is 32.1 Å². The Balaban J connectivity index is 0.000000313. The summed E-state index contributed by atoms with van der Waals surface area (Å²) >= 11 is 0. The summed E-state index contributed by atoms with van der Waals surface area (Å²) in [6.07, 6.45) is 24.2. The van der Waals surface area contributed by atoms with E-state index in [1.54, 1.807) is 0 Å². The first kappa shape index (κ1) is 19.5. The zero-order valence-electron chi connectivity index (χ0n) is 13.2. The van der Waals surface area contributed by atoms with Crippen LogP contribution in [0, 0.1) is 63.7 Å². The molecule has 2 saturated carbocycles. The second kappa shape index (κ2) is 11.1. The number of rotatable bonds is 4. The van der Waals surface area contributed by atoms with Crippen LogP contribution in [-0.2, 0) is 17.1 Å². The van der Waals surface area contributed by atoms with E-state index in [-0.39, 0.29) is 17.1 Å². The topological polar surface area (TPSA) is 3.24 Å². The summed E-state index contributed by atoms with van der Waals surface area (Å²) in [5, 5.41) is 0. The molecule has 1 aliphatic heterocycles. The van der Waals surface area contributed by atoms with Gasteiger partial charge in [-0.3, -0.25) is 4.90 Å². The minimum atomic E-state index is 0. The third-order valence-corrected chi connectivity index (χ3v) is 4.37. The summed E-state index contributed by atoms with van der Waals surface area (Å²) in [6.45, 7) is 5.80. The summed E-state index contributed by atoms with van der Waals surface area (Å²) in [6, 6.07) is 1.65. The standard InChI is InChI=1S/C14H22N.C5H5.Fe/c1-3-13-9-10-14(4-2)15(13)11-12-7-5-6-8-12;1-2-4-5-3-1;/h5-8,13-14H,3-4,9-11H2,1-2H3;1-5H;/q;;+2/t13-,14-;;/m1../s1. The van der Waals surface area contributed by atoms with Crippen LogP contribution in [-0.4, -0.2) is 23.5 Å². The predicted octanol–water partition coefficient (Wildman–Crippen LogP) is 4.06. The maximum atomic E-state index is 2.72. The molecule has 3 rings (SSSR count). The van der Waals surface area contributed by atoms with Gasteiger partial charge < -0.3 is 0 Å². The van der Waals surface area contributed by atoms with Crippen molar-refractivity contribution in [3.63, 3.8) is 0 Å². The van der Waals surface area contributed by atoms with E-state index in [0.29, 0.717) is 0 Å². The van der Waals surface area contributed by atoms with Crippen molar-refractivity contribution in [2.24, 2.45) is 0 Å². The molecule has 0 spiro atoms. The first-order valence-corrected chi connectivity index (χ1v) is 7.98. The fourth-order valence-electron chi connectivity index (χ4n) is 3.20. The van der Waals surface area contributed by atoms with Crippen molar-refractivity contribution in [2.75, 3.05) is 6.54 Å². The van der Waals surface area contributed by atoms with Gasteiger partial charge in [-0.2, -0.15) is 0 Å². The predicted molar refractivity (Wildman–Crippen MR) is 86.0 cm³/mol. The van der Waals surface area contributed by atoms with Crippen LogP contribution in [0.1, 0.15) is 39.5 Å². The van der Waals surface area contributed by atoms with Crippen LogP contribution in [0.15, 0.2) is 0 Å². The van der Waals surface area contributed by atoms with Gasteiger partial charge in [-0.25, -0.2) is 0 Å². The molecule has 1 saturated heterocycles. The summed E-state index contributed by atoms with van der Waals surface area (Å²) < 4.78 is 0. The third-order valence-electron chi connectivity index (χ3n) is 4.37. The molecule has 3 fully saturated rings. The van der Waals surface area contributed by atoms with Gasteiger partial charge in [-0.15, -0.1) is 0 Å². The third kappa shape index (κ3) is 6.24. The molecule has 2 atom stereocenters. The van der Waals surface area contributed by atoms with Crippen molar-refractivity contribution in [1.29, 1.82) is 0 Å². The maximum absolute atomic E-state index is 2.72. The minimum absolute atomic E-state index is 0. The van der Waals surface area contributed by atoms with Gasteiger partial charge in [-0.1, -0.05) is 13.8 Å². The molecular formula is C19H27FeN+2. The van der Waals surface area contributed by atoms with Crippen molar-refractivity contribution < 1.29 is 17.1 Å². The number of nitrogens with zero attached hydrogens (tertiary/aromatic N) is 1. The van der Waals surface area contributed by atoms with Crippen molar-refractivity contribution in [3.8, 4) is 0 Å². The van der Waals surface area contributed by atoms with Crippen LogP contribution in [0.2, 0.25) is 0 Å². The van der Waals surface area contributed by atoms with Crippen LogP contribution >= 0.6 is 0 Å². The molecule has 21 heavy (non-hydrogen) atoms. The van der Waals surface area contributed by atoms with Crippen LogP contribution in [0.3, 0.4) is 0 Å². The van der Waals surface area contributed by atoms with Gasteiger partial charge in [0.1, 0.15) is 0 Å². The molecule has 0 unspecified atom stereocenters. The quantitative estimate of drug-likeness (QED) is 0.705. The average Bonchev–Trinajstić information content (AvgIpc) is 3.23. The zero-order chi connectivity index (χ0) is 14.2. The van der Waals surface area contributed by atoms with E-state index in [9.17, 15) is 0 Å². The van der Waals surface area contributed by atoms with Gasteiger partial charge in [0.05, 0.1) is 0 Å². The average molecular weight is 325 g/mol. The zero-order valence-corrected chi connectivity index (χ0v) is 14.3. The van der Waals surface area contributed by atoms with Gasteiger partial charge in [0.25, 0.3) is 0 Å². The van der Waals surface area contributed by atoms with Crippen LogP contribution in [0.5, 0.6) is 0 Å². The Morgan fingerprint density at radius 3 is 1.62 bits per heavy atom. The van der Waals surface area contributed by atoms with Gasteiger partial charge in [0, 0.05) is 18.6 Å². The molecule has 3 aliphatic rings. The first-order valence-electron chi connectivity index (χ1n) is 7.98. The summed E-state index contributed by atoms with van der Waals surface area (Å²) in [4.78, 5) is 2.72. The molecule has 2 heteroatoms. The van der Waals surface area contributed by atoms with Crippen LogP contribution < -0.4 is 0 Å². The Labute approximate surface area is 144 Å². The van der Waals surface area contributed by atoms with E-state index in [0.717, 1.165) is 18.6 Å². The molecule has 0 amide bonds. The number of likely N-dealkylation sites (tertiary alicyclic amines) is 1. The Hall–Kier alpha value is 0.479. The summed E-state index contributed by atoms with van der Waals surface area (Å²) in [5.74, 6) is 1.48. The summed E-state index contributed by atoms with van der Waals surface area (Å²) in [5.41, 5.74) is 0. The fourth-order valence-corrected chi connectivity index (χ4v) is 3.20. The largest absolute Gasteiger partial charge is 2.00 e. The SMILES string of the molecule is CC[C@@H]1CC[C@@H](CC)N1C[C]1[CH][CH][CH][CH]1.[CH]1[CH][CH][CH][CH]1.[Fe+2]. The molecule has 0 aromatic heterocycles. The molecule has 0 aromatic rings. The molecular weight excluding hydrogens is 298 g/mol. The van der Waals surface area contributed by atoms with Gasteiger partial charge >= 0.3 is 17.1 Å². The second-order valence-corrected chi connectivity index (χ2v) is 5.63. The van der Waals surface area contributed by atoms with Crippen molar-refractivity contribution in [1.82, 2.24) is 4.90 Å². The summed E-state index contributed by atoms with van der Waals surface area (Å²) in [7, 11) is 0. The number of hydrogen-bond acceptors (Lipinski definition) is 1. The molecule has 2 aliphatic carbocycles. The van der Waals surface area contributed by atoms with Crippen molar-refractivity contribution in [3.05, 3.63) is 63.7 Å². The maximum Gasteiger partial charge on any atom is 2.00 e. The Bertz CT molecular complexity index is 226. The normalized spacial score (nSPS) is 30.0. The van der Waals surface area contributed by atoms with E-state index in [1.165, 1.54) is 31.6 Å². The molecule has 114 valence electrons. The Morgan fingerprint density at radius 1 is 0.810 bits per heavy atom. The monoisotopic (exact) mass is 325 g/mol.